The molecule has 1 heterocycles. The molecule has 0 bridgehead atoms. The largest absolute Gasteiger partial charge is 0.315 e. The summed E-state index contributed by atoms with van der Waals surface area (Å²) in [6, 6.07) is 0. The number of hydrogen-bond acceptors (Lipinski definition) is 2. The zero-order valence-corrected chi connectivity index (χ0v) is 7.21. The maximum absolute atomic E-state index is 12.1. The van der Waals surface area contributed by atoms with Crippen LogP contribution >= 0.6 is 23.4 Å². The minimum Gasteiger partial charge on any atom is -0.308 e. The molecule has 1 atom stereocenters. The van der Waals surface area contributed by atoms with Crippen LogP contribution in [0.2, 0.25) is 0 Å². The highest BCUT2D eigenvalue weighted by atomic mass is 35.5. The summed E-state index contributed by atoms with van der Waals surface area (Å²) < 4.78 is 24.7. The van der Waals surface area contributed by atoms with Gasteiger partial charge in [0.1, 0.15) is 0 Å². The standard InChI is InChI=1S/C6H7ClF2NS/c1-2-5-10(6(8)9)3-4(7)11-5/h3,5-6H,1-2H2. The normalized spacial score (nSPS) is 24.6. The monoisotopic (exact) mass is 198 g/mol. The quantitative estimate of drug-likeness (QED) is 0.628. The van der Waals surface area contributed by atoms with Crippen LogP contribution in [0.15, 0.2) is 10.6 Å². The summed E-state index contributed by atoms with van der Waals surface area (Å²) in [6.45, 7) is 1.07. The Morgan fingerprint density at radius 3 is 2.82 bits per heavy atom. The lowest BCUT2D eigenvalue weighted by Crippen LogP contribution is -2.28. The highest BCUT2D eigenvalue weighted by Crippen LogP contribution is 2.38. The highest BCUT2D eigenvalue weighted by molar-refractivity contribution is 8.05. The van der Waals surface area contributed by atoms with Crippen molar-refractivity contribution in [2.24, 2.45) is 0 Å². The van der Waals surface area contributed by atoms with Crippen molar-refractivity contribution < 1.29 is 8.78 Å². The maximum atomic E-state index is 12.1. The average molecular weight is 199 g/mol. The zero-order chi connectivity index (χ0) is 8.43. The Bertz CT molecular complexity index is 174. The minimum atomic E-state index is -2.48. The minimum absolute atomic E-state index is 0.303. The van der Waals surface area contributed by atoms with Gasteiger partial charge in [-0.1, -0.05) is 30.3 Å². The number of hydrogen-bond donors (Lipinski definition) is 0. The molecule has 0 N–H and O–H groups in total. The molecule has 0 saturated heterocycles. The third kappa shape index (κ3) is 1.99. The van der Waals surface area contributed by atoms with E-state index in [1.165, 1.54) is 18.0 Å². The van der Waals surface area contributed by atoms with Crippen LogP contribution in [0.3, 0.4) is 0 Å². The molecule has 0 fully saturated rings. The summed E-state index contributed by atoms with van der Waals surface area (Å²) >= 11 is 6.76. The number of thioether (sulfide) groups is 1. The first-order valence-corrected chi connectivity index (χ1v) is 4.29. The lowest BCUT2D eigenvalue weighted by Gasteiger charge is -2.21. The molecule has 63 valence electrons. The molecule has 0 spiro atoms. The van der Waals surface area contributed by atoms with Gasteiger partial charge in [0.2, 0.25) is 0 Å². The summed E-state index contributed by atoms with van der Waals surface area (Å²) in [7, 11) is 0. The molecule has 0 aliphatic carbocycles. The average Bonchev–Trinajstić information content (AvgIpc) is 2.30. The first-order valence-electron chi connectivity index (χ1n) is 3.04. The van der Waals surface area contributed by atoms with Gasteiger partial charge in [-0.15, -0.1) is 0 Å². The van der Waals surface area contributed by atoms with Crippen molar-refractivity contribution in [1.82, 2.24) is 4.90 Å². The van der Waals surface area contributed by atoms with E-state index in [4.69, 9.17) is 11.6 Å². The number of rotatable bonds is 2. The molecule has 1 unspecified atom stereocenters. The van der Waals surface area contributed by atoms with Gasteiger partial charge in [-0.05, 0) is 6.42 Å². The second-order valence-electron chi connectivity index (χ2n) is 2.02. The molecule has 0 saturated carbocycles. The van der Waals surface area contributed by atoms with Gasteiger partial charge in [-0.3, -0.25) is 0 Å². The molecule has 11 heavy (non-hydrogen) atoms. The van der Waals surface area contributed by atoms with Crippen molar-refractivity contribution in [1.29, 1.82) is 0 Å². The highest BCUT2D eigenvalue weighted by Gasteiger charge is 2.28. The molecule has 0 aromatic rings. The van der Waals surface area contributed by atoms with Gasteiger partial charge < -0.3 is 4.90 Å². The molecule has 1 rings (SSSR count). The van der Waals surface area contributed by atoms with Crippen LogP contribution < -0.4 is 0 Å². The summed E-state index contributed by atoms with van der Waals surface area (Å²) in [5.74, 6) is 0. The summed E-state index contributed by atoms with van der Waals surface area (Å²) in [4.78, 5) is 0.917. The van der Waals surface area contributed by atoms with E-state index in [2.05, 4.69) is 6.92 Å². The lowest BCUT2D eigenvalue weighted by molar-refractivity contribution is 0.00160. The smallest absolute Gasteiger partial charge is 0.308 e. The fraction of sp³-hybridized carbons (Fsp3) is 0.500. The molecule has 1 aliphatic rings. The predicted molar refractivity (Wildman–Crippen MR) is 43.1 cm³/mol. The van der Waals surface area contributed by atoms with Crippen LogP contribution in [0, 0.1) is 6.92 Å². The predicted octanol–water partition coefficient (Wildman–Crippen LogP) is 2.85. The van der Waals surface area contributed by atoms with Gasteiger partial charge in [0.25, 0.3) is 0 Å². The first-order chi connectivity index (χ1) is 5.15. The molecule has 1 aliphatic heterocycles. The molecular formula is C6H7ClF2NS. The number of nitrogens with zero attached hydrogens (tertiary/aromatic N) is 1. The van der Waals surface area contributed by atoms with Crippen LogP contribution in [0.1, 0.15) is 6.42 Å². The Balaban J connectivity index is 2.61. The SMILES string of the molecule is [CH2]CC1SC(Cl)=CN1C(F)F. The van der Waals surface area contributed by atoms with E-state index in [1.54, 1.807) is 0 Å². The Morgan fingerprint density at radius 2 is 2.45 bits per heavy atom. The van der Waals surface area contributed by atoms with Gasteiger partial charge >= 0.3 is 6.55 Å². The van der Waals surface area contributed by atoms with Gasteiger partial charge in [0.15, 0.2) is 0 Å². The van der Waals surface area contributed by atoms with Crippen molar-refractivity contribution in [2.75, 3.05) is 0 Å². The molecule has 0 aromatic heterocycles. The van der Waals surface area contributed by atoms with Crippen molar-refractivity contribution in [3.63, 3.8) is 0 Å². The molecule has 0 aromatic carbocycles. The molecule has 5 heteroatoms. The van der Waals surface area contributed by atoms with E-state index in [0.717, 1.165) is 4.90 Å². The van der Waals surface area contributed by atoms with E-state index in [9.17, 15) is 8.78 Å². The maximum Gasteiger partial charge on any atom is 0.315 e. The van der Waals surface area contributed by atoms with Crippen molar-refractivity contribution in [3.05, 3.63) is 17.5 Å². The Hall–Kier alpha value is 0.0400. The molecular weight excluding hydrogens is 192 g/mol. The van der Waals surface area contributed by atoms with Gasteiger partial charge in [0, 0.05) is 6.20 Å². The number of halogens is 3. The van der Waals surface area contributed by atoms with E-state index < -0.39 is 6.55 Å². The Kier molecular flexibility index (Phi) is 3.01. The molecule has 1 radical (unpaired) electrons. The van der Waals surface area contributed by atoms with Crippen LogP contribution in [-0.2, 0) is 0 Å². The summed E-state index contributed by atoms with van der Waals surface area (Å²) in [6.07, 6.45) is 1.68. The van der Waals surface area contributed by atoms with Crippen LogP contribution in [0.4, 0.5) is 8.78 Å². The summed E-state index contributed by atoms with van der Waals surface area (Å²) in [5.41, 5.74) is 0. The van der Waals surface area contributed by atoms with Crippen LogP contribution in [0.25, 0.3) is 0 Å². The van der Waals surface area contributed by atoms with Crippen LogP contribution in [0.5, 0.6) is 0 Å². The fourth-order valence-corrected chi connectivity index (χ4v) is 2.07. The van der Waals surface area contributed by atoms with Crippen LogP contribution in [-0.4, -0.2) is 16.8 Å². The van der Waals surface area contributed by atoms with E-state index in [-0.39, 0.29) is 5.37 Å². The molecule has 0 amide bonds. The third-order valence-electron chi connectivity index (χ3n) is 1.30. The molecule has 1 nitrogen and oxygen atoms in total. The first kappa shape index (κ1) is 9.13. The Morgan fingerprint density at radius 1 is 1.82 bits per heavy atom. The van der Waals surface area contributed by atoms with Crippen molar-refractivity contribution >= 4 is 23.4 Å². The van der Waals surface area contributed by atoms with Gasteiger partial charge in [-0.2, -0.15) is 8.78 Å². The zero-order valence-electron chi connectivity index (χ0n) is 5.64. The van der Waals surface area contributed by atoms with Gasteiger partial charge in [-0.25, -0.2) is 0 Å². The second kappa shape index (κ2) is 3.63. The second-order valence-corrected chi connectivity index (χ2v) is 3.87. The Labute approximate surface area is 73.4 Å². The number of alkyl halides is 2. The third-order valence-corrected chi connectivity index (χ3v) is 2.75. The summed E-state index contributed by atoms with van der Waals surface area (Å²) in [5, 5.41) is -0.303. The van der Waals surface area contributed by atoms with Gasteiger partial charge in [0.05, 0.1) is 9.74 Å². The topological polar surface area (TPSA) is 3.24 Å². The van der Waals surface area contributed by atoms with E-state index >= 15 is 0 Å². The van der Waals surface area contributed by atoms with Crippen molar-refractivity contribution in [2.45, 2.75) is 18.3 Å². The van der Waals surface area contributed by atoms with Crippen molar-refractivity contribution in [3.8, 4) is 0 Å². The van der Waals surface area contributed by atoms with E-state index in [0.29, 0.717) is 10.8 Å². The lowest BCUT2D eigenvalue weighted by atomic mass is 10.4. The fourth-order valence-electron chi connectivity index (χ4n) is 0.812. The van der Waals surface area contributed by atoms with E-state index in [1.807, 2.05) is 0 Å².